The molecule has 0 heterocycles. The number of rotatable bonds is 3. The topological polar surface area (TPSA) is 40.5 Å². The van der Waals surface area contributed by atoms with E-state index in [0.717, 1.165) is 0 Å². The Labute approximate surface area is 57.0 Å². The van der Waals surface area contributed by atoms with Crippen LogP contribution in [0, 0.1) is 0 Å². The van der Waals surface area contributed by atoms with Gasteiger partial charge in [0.1, 0.15) is 0 Å². The molecule has 0 saturated heterocycles. The van der Waals surface area contributed by atoms with E-state index in [0.29, 0.717) is 18.5 Å². The zero-order valence-electron chi connectivity index (χ0n) is 6.46. The van der Waals surface area contributed by atoms with Crippen molar-refractivity contribution < 1.29 is 9.79 Å². The SMILES string of the molecule is CCP(O)(O)(CC)CC. The third kappa shape index (κ3) is 2.21. The molecule has 0 aromatic carbocycles. The molecule has 0 atom stereocenters. The molecule has 9 heavy (non-hydrogen) atoms. The van der Waals surface area contributed by atoms with Crippen molar-refractivity contribution in [2.45, 2.75) is 20.8 Å². The molecule has 0 aliphatic rings. The fraction of sp³-hybridized carbons (Fsp3) is 1.00. The summed E-state index contributed by atoms with van der Waals surface area (Å²) in [6, 6.07) is 0. The monoisotopic (exact) mass is 152 g/mol. The molecule has 58 valence electrons. The predicted octanol–water partition coefficient (Wildman–Crippen LogP) is 1.41. The molecule has 0 spiro atoms. The second kappa shape index (κ2) is 2.53. The van der Waals surface area contributed by atoms with Crippen LogP contribution in [-0.2, 0) is 0 Å². The van der Waals surface area contributed by atoms with Crippen molar-refractivity contribution in [1.82, 2.24) is 0 Å². The summed E-state index contributed by atoms with van der Waals surface area (Å²) in [6.45, 7) is 5.51. The van der Waals surface area contributed by atoms with E-state index in [-0.39, 0.29) is 0 Å². The predicted molar refractivity (Wildman–Crippen MR) is 43.0 cm³/mol. The van der Waals surface area contributed by atoms with E-state index in [1.165, 1.54) is 0 Å². The van der Waals surface area contributed by atoms with E-state index in [9.17, 15) is 9.79 Å². The third-order valence-electron chi connectivity index (χ3n) is 2.19. The Morgan fingerprint density at radius 2 is 1.11 bits per heavy atom. The van der Waals surface area contributed by atoms with Crippen LogP contribution in [0.25, 0.3) is 0 Å². The summed E-state index contributed by atoms with van der Waals surface area (Å²) in [6.07, 6.45) is 1.58. The van der Waals surface area contributed by atoms with Crippen molar-refractivity contribution in [2.24, 2.45) is 0 Å². The van der Waals surface area contributed by atoms with Gasteiger partial charge in [-0.15, -0.1) is 0 Å². The first-order chi connectivity index (χ1) is 3.96. The summed E-state index contributed by atoms with van der Waals surface area (Å²) in [5.41, 5.74) is 0. The minimum atomic E-state index is -3.13. The molecular formula is C6H17O2P. The molecule has 0 unspecified atom stereocenters. The van der Waals surface area contributed by atoms with E-state index in [1.54, 1.807) is 0 Å². The van der Waals surface area contributed by atoms with Crippen molar-refractivity contribution in [3.8, 4) is 0 Å². The van der Waals surface area contributed by atoms with Crippen LogP contribution in [0.5, 0.6) is 0 Å². The van der Waals surface area contributed by atoms with Gasteiger partial charge in [-0.1, -0.05) is 0 Å². The second-order valence-electron chi connectivity index (χ2n) is 2.56. The Kier molecular flexibility index (Phi) is 2.63. The van der Waals surface area contributed by atoms with Crippen LogP contribution in [0.4, 0.5) is 0 Å². The summed E-state index contributed by atoms with van der Waals surface area (Å²) in [5.74, 6) is 0. The van der Waals surface area contributed by atoms with Gasteiger partial charge in [-0.3, -0.25) is 0 Å². The van der Waals surface area contributed by atoms with E-state index in [4.69, 9.17) is 0 Å². The average Bonchev–Trinajstić information content (AvgIpc) is 1.90. The molecular weight excluding hydrogens is 135 g/mol. The Bertz CT molecular complexity index is 82.2. The first-order valence-electron chi connectivity index (χ1n) is 3.47. The van der Waals surface area contributed by atoms with Crippen molar-refractivity contribution in [3.63, 3.8) is 0 Å². The Morgan fingerprint density at radius 3 is 1.11 bits per heavy atom. The van der Waals surface area contributed by atoms with Gasteiger partial charge in [-0.2, -0.15) is 0 Å². The molecule has 0 fully saturated rings. The molecule has 3 heteroatoms. The summed E-state index contributed by atoms with van der Waals surface area (Å²) >= 11 is 0. The molecule has 0 aliphatic heterocycles. The van der Waals surface area contributed by atoms with Crippen LogP contribution in [0.3, 0.4) is 0 Å². The number of hydrogen-bond donors (Lipinski definition) is 2. The van der Waals surface area contributed by atoms with Crippen LogP contribution in [0.1, 0.15) is 20.8 Å². The van der Waals surface area contributed by atoms with E-state index < -0.39 is 7.06 Å². The van der Waals surface area contributed by atoms with Gasteiger partial charge in [0.05, 0.1) is 0 Å². The second-order valence-corrected chi connectivity index (χ2v) is 7.67. The molecule has 0 radical (unpaired) electrons. The van der Waals surface area contributed by atoms with E-state index in [1.807, 2.05) is 20.8 Å². The molecule has 0 aromatic rings. The van der Waals surface area contributed by atoms with Gasteiger partial charge >= 0.3 is 56.1 Å². The van der Waals surface area contributed by atoms with Gasteiger partial charge in [-0.25, -0.2) is 0 Å². The zero-order chi connectivity index (χ0) is 7.57. The maximum atomic E-state index is 9.59. The van der Waals surface area contributed by atoms with Crippen LogP contribution < -0.4 is 0 Å². The van der Waals surface area contributed by atoms with Crippen molar-refractivity contribution in [1.29, 1.82) is 0 Å². The van der Waals surface area contributed by atoms with Crippen LogP contribution in [0.15, 0.2) is 0 Å². The average molecular weight is 152 g/mol. The van der Waals surface area contributed by atoms with Gasteiger partial charge in [0.25, 0.3) is 0 Å². The summed E-state index contributed by atoms with van der Waals surface area (Å²) in [5, 5.41) is 0. The summed E-state index contributed by atoms with van der Waals surface area (Å²) < 4.78 is 0. The number of hydrogen-bond acceptors (Lipinski definition) is 2. The van der Waals surface area contributed by atoms with Gasteiger partial charge in [0.15, 0.2) is 0 Å². The van der Waals surface area contributed by atoms with E-state index >= 15 is 0 Å². The van der Waals surface area contributed by atoms with Crippen LogP contribution >= 0.6 is 7.06 Å². The van der Waals surface area contributed by atoms with E-state index in [2.05, 4.69) is 0 Å². The van der Waals surface area contributed by atoms with Gasteiger partial charge in [0, 0.05) is 0 Å². The minimum absolute atomic E-state index is 0.526. The molecule has 0 rings (SSSR count). The van der Waals surface area contributed by atoms with Gasteiger partial charge in [-0.05, 0) is 0 Å². The fourth-order valence-electron chi connectivity index (χ4n) is 0.671. The Balaban J connectivity index is 4.20. The van der Waals surface area contributed by atoms with Crippen molar-refractivity contribution in [3.05, 3.63) is 0 Å². The first-order valence-corrected chi connectivity index (χ1v) is 6.17. The fourth-order valence-corrected chi connectivity index (χ4v) is 2.01. The first kappa shape index (κ1) is 9.35. The quantitative estimate of drug-likeness (QED) is 0.600. The summed E-state index contributed by atoms with van der Waals surface area (Å²) in [7, 11) is -3.13. The molecule has 2 nitrogen and oxygen atoms in total. The summed E-state index contributed by atoms with van der Waals surface area (Å²) in [4.78, 5) is 19.2. The molecule has 0 aliphatic carbocycles. The Hall–Kier alpha value is 0.350. The van der Waals surface area contributed by atoms with Gasteiger partial charge in [0.2, 0.25) is 0 Å². The van der Waals surface area contributed by atoms with Crippen LogP contribution in [-0.4, -0.2) is 28.3 Å². The molecule has 0 saturated carbocycles. The standard InChI is InChI=1S/C6H17O2P/c1-4-9(7,8,5-2)6-3/h7-8H,4-6H2,1-3H3. The molecule has 0 aromatic heterocycles. The van der Waals surface area contributed by atoms with Crippen molar-refractivity contribution in [2.75, 3.05) is 18.5 Å². The maximum absolute atomic E-state index is 9.59. The van der Waals surface area contributed by atoms with Gasteiger partial charge < -0.3 is 0 Å². The Morgan fingerprint density at radius 1 is 0.889 bits per heavy atom. The normalized spacial score (nSPS) is 16.8. The molecule has 2 N–H and O–H groups in total. The third-order valence-corrected chi connectivity index (χ3v) is 6.57. The van der Waals surface area contributed by atoms with Crippen molar-refractivity contribution >= 4 is 7.06 Å². The molecule has 0 bridgehead atoms. The van der Waals surface area contributed by atoms with Crippen LogP contribution in [0.2, 0.25) is 0 Å². The molecule has 0 amide bonds. The zero-order valence-corrected chi connectivity index (χ0v) is 7.36.